The largest absolute Gasteiger partial charge is 0.476 e. The van der Waals surface area contributed by atoms with Crippen LogP contribution in [0, 0.1) is 6.92 Å². The van der Waals surface area contributed by atoms with E-state index in [1.165, 1.54) is 11.3 Å². The van der Waals surface area contributed by atoms with Crippen molar-refractivity contribution >= 4 is 23.2 Å². The highest BCUT2D eigenvalue weighted by molar-refractivity contribution is 7.11. The quantitative estimate of drug-likeness (QED) is 0.850. The van der Waals surface area contributed by atoms with E-state index in [0.29, 0.717) is 16.5 Å². The maximum atomic E-state index is 11.7. The molecule has 2 heterocycles. The Hall–Kier alpha value is -1.47. The molecule has 6 nitrogen and oxygen atoms in total. The maximum Gasteiger partial charge on any atom is 0.355 e. The lowest BCUT2D eigenvalue weighted by atomic mass is 10.2. The molecule has 1 aliphatic heterocycles. The van der Waals surface area contributed by atoms with E-state index in [4.69, 9.17) is 9.84 Å². The predicted octanol–water partition coefficient (Wildman–Crippen LogP) is 0.945. The second-order valence-corrected chi connectivity index (χ2v) is 5.32. The molecule has 1 aromatic heterocycles. The average molecular weight is 270 g/mol. The lowest BCUT2D eigenvalue weighted by molar-refractivity contribution is -0.130. The third kappa shape index (κ3) is 2.85. The number of aromatic carboxylic acids is 1. The fourth-order valence-electron chi connectivity index (χ4n) is 1.79. The summed E-state index contributed by atoms with van der Waals surface area (Å²) in [6.07, 6.45) is 1.27. The van der Waals surface area contributed by atoms with Crippen molar-refractivity contribution < 1.29 is 19.4 Å². The van der Waals surface area contributed by atoms with Gasteiger partial charge in [0.1, 0.15) is 11.1 Å². The van der Waals surface area contributed by atoms with Crippen LogP contribution >= 0.6 is 11.3 Å². The minimum absolute atomic E-state index is 0.0568. The molecule has 1 atom stereocenters. The topological polar surface area (TPSA) is 88.5 Å². The minimum atomic E-state index is -1.04. The Morgan fingerprint density at radius 2 is 2.39 bits per heavy atom. The Kier molecular flexibility index (Phi) is 3.93. The summed E-state index contributed by atoms with van der Waals surface area (Å²) >= 11 is 1.28. The molecule has 1 aromatic rings. The van der Waals surface area contributed by atoms with E-state index in [1.807, 2.05) is 0 Å². The number of thiazole rings is 1. The highest BCUT2D eigenvalue weighted by Crippen LogP contribution is 2.18. The van der Waals surface area contributed by atoms with Crippen molar-refractivity contribution in [3.8, 4) is 0 Å². The zero-order chi connectivity index (χ0) is 13.1. The van der Waals surface area contributed by atoms with Crippen molar-refractivity contribution in [3.63, 3.8) is 0 Å². The molecule has 0 radical (unpaired) electrons. The number of aryl methyl sites for hydroxylation is 1. The van der Waals surface area contributed by atoms with Gasteiger partial charge < -0.3 is 15.2 Å². The third-order valence-corrected chi connectivity index (χ3v) is 3.65. The fourth-order valence-corrected chi connectivity index (χ4v) is 2.65. The van der Waals surface area contributed by atoms with Gasteiger partial charge in [0, 0.05) is 11.5 Å². The molecule has 0 bridgehead atoms. The average Bonchev–Trinajstić information content (AvgIpc) is 2.94. The van der Waals surface area contributed by atoms with Gasteiger partial charge in [0.25, 0.3) is 0 Å². The van der Waals surface area contributed by atoms with Crippen molar-refractivity contribution in [3.05, 3.63) is 15.6 Å². The van der Waals surface area contributed by atoms with Crippen LogP contribution in [0.2, 0.25) is 0 Å². The van der Waals surface area contributed by atoms with E-state index in [0.717, 1.165) is 12.8 Å². The van der Waals surface area contributed by atoms with Crippen molar-refractivity contribution in [2.75, 3.05) is 6.61 Å². The second-order valence-electron chi connectivity index (χ2n) is 4.04. The predicted molar refractivity (Wildman–Crippen MR) is 64.6 cm³/mol. The van der Waals surface area contributed by atoms with Crippen LogP contribution in [0.5, 0.6) is 0 Å². The Morgan fingerprint density at radius 3 is 2.94 bits per heavy atom. The monoisotopic (exact) mass is 270 g/mol. The van der Waals surface area contributed by atoms with E-state index in [9.17, 15) is 9.59 Å². The number of carboxylic acids is 1. The molecule has 1 aliphatic rings. The van der Waals surface area contributed by atoms with Gasteiger partial charge in [-0.05, 0) is 19.8 Å². The number of rotatable bonds is 4. The molecule has 7 heteroatoms. The van der Waals surface area contributed by atoms with Crippen LogP contribution in [0.25, 0.3) is 0 Å². The molecule has 18 heavy (non-hydrogen) atoms. The standard InChI is InChI=1S/C11H14N2O4S/c1-6-9(11(15)16)13-8(18-6)5-12-10(14)7-3-2-4-17-7/h7H,2-5H2,1H3,(H,12,14)(H,15,16). The van der Waals surface area contributed by atoms with Crippen molar-refractivity contribution in [2.24, 2.45) is 0 Å². The van der Waals surface area contributed by atoms with Crippen molar-refractivity contribution in [2.45, 2.75) is 32.4 Å². The number of carbonyl (C=O) groups is 2. The zero-order valence-electron chi connectivity index (χ0n) is 9.93. The summed E-state index contributed by atoms with van der Waals surface area (Å²) in [4.78, 5) is 27.1. The number of carboxylic acid groups (broad SMARTS) is 1. The van der Waals surface area contributed by atoms with Crippen LogP contribution in [-0.2, 0) is 16.1 Å². The zero-order valence-corrected chi connectivity index (χ0v) is 10.7. The highest BCUT2D eigenvalue weighted by atomic mass is 32.1. The number of carbonyl (C=O) groups excluding carboxylic acids is 1. The lowest BCUT2D eigenvalue weighted by Crippen LogP contribution is -2.33. The highest BCUT2D eigenvalue weighted by Gasteiger charge is 2.23. The van der Waals surface area contributed by atoms with Gasteiger partial charge in [0.2, 0.25) is 5.91 Å². The van der Waals surface area contributed by atoms with Crippen LogP contribution in [0.15, 0.2) is 0 Å². The molecule has 1 unspecified atom stereocenters. The van der Waals surface area contributed by atoms with Crippen molar-refractivity contribution in [1.29, 1.82) is 0 Å². The van der Waals surface area contributed by atoms with Gasteiger partial charge in [-0.3, -0.25) is 4.79 Å². The van der Waals surface area contributed by atoms with Crippen LogP contribution < -0.4 is 5.32 Å². The lowest BCUT2D eigenvalue weighted by Gasteiger charge is -2.08. The van der Waals surface area contributed by atoms with E-state index < -0.39 is 5.97 Å². The van der Waals surface area contributed by atoms with Gasteiger partial charge in [0.15, 0.2) is 5.69 Å². The normalized spacial score (nSPS) is 18.8. The minimum Gasteiger partial charge on any atom is -0.476 e. The molecule has 1 saturated heterocycles. The first-order chi connectivity index (χ1) is 8.58. The first kappa shape index (κ1) is 13.0. The molecule has 0 saturated carbocycles. The van der Waals surface area contributed by atoms with Gasteiger partial charge in [-0.1, -0.05) is 0 Å². The van der Waals surface area contributed by atoms with Gasteiger partial charge in [-0.2, -0.15) is 0 Å². The van der Waals surface area contributed by atoms with Crippen LogP contribution in [0.1, 0.15) is 33.2 Å². The molecule has 1 amide bonds. The molecule has 98 valence electrons. The van der Waals surface area contributed by atoms with E-state index in [2.05, 4.69) is 10.3 Å². The fraction of sp³-hybridized carbons (Fsp3) is 0.545. The Morgan fingerprint density at radius 1 is 1.61 bits per heavy atom. The van der Waals surface area contributed by atoms with E-state index in [1.54, 1.807) is 6.92 Å². The molecule has 2 rings (SSSR count). The summed E-state index contributed by atoms with van der Waals surface area (Å²) in [6.45, 7) is 2.57. The van der Waals surface area contributed by atoms with Crippen LogP contribution in [-0.4, -0.2) is 34.7 Å². The maximum absolute atomic E-state index is 11.7. The smallest absolute Gasteiger partial charge is 0.355 e. The number of aromatic nitrogens is 1. The van der Waals surface area contributed by atoms with Crippen LogP contribution in [0.3, 0.4) is 0 Å². The van der Waals surface area contributed by atoms with E-state index >= 15 is 0 Å². The SMILES string of the molecule is Cc1sc(CNC(=O)C2CCCO2)nc1C(=O)O. The third-order valence-electron chi connectivity index (χ3n) is 2.68. The first-order valence-corrected chi connectivity index (χ1v) is 6.48. The number of hydrogen-bond acceptors (Lipinski definition) is 5. The van der Waals surface area contributed by atoms with Gasteiger partial charge in [-0.15, -0.1) is 11.3 Å². The number of nitrogens with one attached hydrogen (secondary N) is 1. The Balaban J connectivity index is 1.91. The Labute approximate surface area is 108 Å². The molecule has 1 fully saturated rings. The molecule has 0 aliphatic carbocycles. The number of nitrogens with zero attached hydrogens (tertiary/aromatic N) is 1. The summed E-state index contributed by atoms with van der Waals surface area (Å²) in [5.74, 6) is -1.20. The molecule has 0 spiro atoms. The summed E-state index contributed by atoms with van der Waals surface area (Å²) < 4.78 is 5.25. The second kappa shape index (κ2) is 5.45. The first-order valence-electron chi connectivity index (χ1n) is 5.67. The van der Waals surface area contributed by atoms with Crippen LogP contribution in [0.4, 0.5) is 0 Å². The molecular formula is C11H14N2O4S. The van der Waals surface area contributed by atoms with Gasteiger partial charge in [-0.25, -0.2) is 9.78 Å². The van der Waals surface area contributed by atoms with Gasteiger partial charge in [0.05, 0.1) is 6.54 Å². The number of amides is 1. The summed E-state index contributed by atoms with van der Waals surface area (Å²) in [5, 5.41) is 12.2. The molecular weight excluding hydrogens is 256 g/mol. The summed E-state index contributed by atoms with van der Waals surface area (Å²) in [5.41, 5.74) is 0.0568. The Bertz CT molecular complexity index is 466. The molecule has 2 N–H and O–H groups in total. The van der Waals surface area contributed by atoms with Gasteiger partial charge >= 0.3 is 5.97 Å². The number of ether oxygens (including phenoxy) is 1. The summed E-state index contributed by atoms with van der Waals surface area (Å²) in [7, 11) is 0. The summed E-state index contributed by atoms with van der Waals surface area (Å²) in [6, 6.07) is 0. The van der Waals surface area contributed by atoms with E-state index in [-0.39, 0.29) is 24.2 Å². The number of hydrogen-bond donors (Lipinski definition) is 2. The molecule has 0 aromatic carbocycles. The van der Waals surface area contributed by atoms with Crippen molar-refractivity contribution in [1.82, 2.24) is 10.3 Å².